The first-order chi connectivity index (χ1) is 18.5. The smallest absolute Gasteiger partial charge is 0.318 e. The van der Waals surface area contributed by atoms with Gasteiger partial charge in [0, 0.05) is 45.3 Å². The summed E-state index contributed by atoms with van der Waals surface area (Å²) in [5.74, 6) is -0.212. The Morgan fingerprint density at radius 2 is 1.26 bits per heavy atom. The standard InChI is InChI=1S/C31H36F2N4O/c1-35-19-21-36(22-20-35)30(25-5-3-2-4-6-25)26-15-17-37(18-16-26)31(38)34-29(23-7-11-27(32)12-8-23)24-9-13-28(33)14-10-24/h2-14,26,29-30H,15-22H2,1H3,(H,34,38). The maximum absolute atomic E-state index is 13.6. The van der Waals surface area contributed by atoms with Crippen LogP contribution in [-0.2, 0) is 0 Å². The average Bonchev–Trinajstić information content (AvgIpc) is 2.95. The lowest BCUT2D eigenvalue weighted by Crippen LogP contribution is -2.50. The number of nitrogens with zero attached hydrogens (tertiary/aromatic N) is 3. The van der Waals surface area contributed by atoms with Gasteiger partial charge in [0.05, 0.1) is 6.04 Å². The van der Waals surface area contributed by atoms with Crippen LogP contribution in [0.25, 0.3) is 0 Å². The molecule has 0 aromatic heterocycles. The number of likely N-dealkylation sites (tertiary alicyclic amines) is 1. The van der Waals surface area contributed by atoms with Crippen LogP contribution < -0.4 is 5.32 Å². The molecule has 1 unspecified atom stereocenters. The minimum Gasteiger partial charge on any atom is -0.327 e. The van der Waals surface area contributed by atoms with E-state index in [4.69, 9.17) is 0 Å². The minimum absolute atomic E-state index is 0.155. The van der Waals surface area contributed by atoms with Gasteiger partial charge in [-0.15, -0.1) is 0 Å². The lowest BCUT2D eigenvalue weighted by Gasteiger charge is -2.44. The third-order valence-corrected chi connectivity index (χ3v) is 8.02. The van der Waals surface area contributed by atoms with Crippen LogP contribution in [0.2, 0.25) is 0 Å². The number of carbonyl (C=O) groups excluding carboxylic acids is 1. The monoisotopic (exact) mass is 518 g/mol. The third-order valence-electron chi connectivity index (χ3n) is 8.02. The number of benzene rings is 3. The predicted octanol–water partition coefficient (Wildman–Crippen LogP) is 5.46. The van der Waals surface area contributed by atoms with E-state index in [1.807, 2.05) is 4.90 Å². The van der Waals surface area contributed by atoms with Gasteiger partial charge < -0.3 is 15.1 Å². The van der Waals surface area contributed by atoms with Gasteiger partial charge in [-0.05, 0) is 66.8 Å². The molecule has 2 aliphatic heterocycles. The predicted molar refractivity (Wildman–Crippen MR) is 146 cm³/mol. The number of piperidine rings is 1. The summed E-state index contributed by atoms with van der Waals surface area (Å²) in [6.45, 7) is 5.58. The largest absolute Gasteiger partial charge is 0.327 e. The number of halogens is 2. The second-order valence-corrected chi connectivity index (χ2v) is 10.5. The van der Waals surface area contributed by atoms with Gasteiger partial charge in [0.2, 0.25) is 0 Å². The summed E-state index contributed by atoms with van der Waals surface area (Å²) in [7, 11) is 2.18. The molecular weight excluding hydrogens is 482 g/mol. The molecule has 0 aliphatic carbocycles. The molecule has 0 saturated carbocycles. The van der Waals surface area contributed by atoms with Crippen molar-refractivity contribution >= 4 is 6.03 Å². The first-order valence-corrected chi connectivity index (χ1v) is 13.5. The highest BCUT2D eigenvalue weighted by atomic mass is 19.1. The molecule has 1 N–H and O–H groups in total. The molecule has 5 nitrogen and oxygen atoms in total. The van der Waals surface area contributed by atoms with Crippen molar-refractivity contribution in [1.82, 2.24) is 20.0 Å². The van der Waals surface area contributed by atoms with Gasteiger partial charge in [-0.2, -0.15) is 0 Å². The van der Waals surface area contributed by atoms with E-state index in [1.54, 1.807) is 24.3 Å². The normalized spacial score (nSPS) is 18.5. The highest BCUT2D eigenvalue weighted by Crippen LogP contribution is 2.36. The molecule has 7 heteroatoms. The fourth-order valence-corrected chi connectivity index (χ4v) is 5.83. The number of urea groups is 1. The molecule has 0 radical (unpaired) electrons. The molecule has 2 heterocycles. The summed E-state index contributed by atoms with van der Waals surface area (Å²) < 4.78 is 27.2. The molecule has 5 rings (SSSR count). The van der Waals surface area contributed by atoms with E-state index in [1.165, 1.54) is 29.8 Å². The number of nitrogens with one attached hydrogen (secondary N) is 1. The van der Waals surface area contributed by atoms with Crippen LogP contribution in [0.3, 0.4) is 0 Å². The van der Waals surface area contributed by atoms with E-state index in [9.17, 15) is 13.6 Å². The maximum Gasteiger partial charge on any atom is 0.318 e. The van der Waals surface area contributed by atoms with Gasteiger partial charge in [-0.3, -0.25) is 4.90 Å². The van der Waals surface area contributed by atoms with Gasteiger partial charge >= 0.3 is 6.03 Å². The van der Waals surface area contributed by atoms with Gasteiger partial charge in [0.15, 0.2) is 0 Å². The lowest BCUT2D eigenvalue weighted by molar-refractivity contribution is 0.0569. The maximum atomic E-state index is 13.6. The molecule has 3 aromatic rings. The summed E-state index contributed by atoms with van der Waals surface area (Å²) >= 11 is 0. The summed E-state index contributed by atoms with van der Waals surface area (Å²) in [5.41, 5.74) is 2.86. The van der Waals surface area contributed by atoms with Crippen LogP contribution in [-0.4, -0.2) is 67.0 Å². The average molecular weight is 519 g/mol. The molecule has 2 fully saturated rings. The van der Waals surface area contributed by atoms with E-state index in [2.05, 4.69) is 52.5 Å². The zero-order chi connectivity index (χ0) is 26.5. The topological polar surface area (TPSA) is 38.8 Å². The van der Waals surface area contributed by atoms with Crippen molar-refractivity contribution in [2.45, 2.75) is 24.9 Å². The number of likely N-dealkylation sites (N-methyl/N-ethyl adjacent to an activating group) is 1. The van der Waals surface area contributed by atoms with Crippen molar-refractivity contribution in [3.8, 4) is 0 Å². The Kier molecular flexibility index (Phi) is 8.35. The molecule has 2 aliphatic rings. The first kappa shape index (κ1) is 26.3. The highest BCUT2D eigenvalue weighted by Gasteiger charge is 2.34. The summed E-state index contributed by atoms with van der Waals surface area (Å²) in [6.07, 6.45) is 1.86. The van der Waals surface area contributed by atoms with Crippen LogP contribution >= 0.6 is 0 Å². The number of hydrogen-bond acceptors (Lipinski definition) is 3. The van der Waals surface area contributed by atoms with Crippen LogP contribution in [0.1, 0.15) is 41.6 Å². The number of carbonyl (C=O) groups is 1. The van der Waals surface area contributed by atoms with E-state index >= 15 is 0 Å². The van der Waals surface area contributed by atoms with Crippen molar-refractivity contribution in [3.05, 3.63) is 107 Å². The molecule has 2 amide bonds. The van der Waals surface area contributed by atoms with Gasteiger partial charge in [0.1, 0.15) is 11.6 Å². The van der Waals surface area contributed by atoms with E-state index in [-0.39, 0.29) is 17.7 Å². The zero-order valence-corrected chi connectivity index (χ0v) is 21.9. The Morgan fingerprint density at radius 1 is 0.737 bits per heavy atom. The van der Waals surface area contributed by atoms with Crippen molar-refractivity contribution in [2.24, 2.45) is 5.92 Å². The third kappa shape index (κ3) is 6.22. The quantitative estimate of drug-likeness (QED) is 0.471. The first-order valence-electron chi connectivity index (χ1n) is 13.5. The number of amides is 2. The van der Waals surface area contributed by atoms with Crippen molar-refractivity contribution in [2.75, 3.05) is 46.3 Å². The summed E-state index contributed by atoms with van der Waals surface area (Å²) in [4.78, 5) is 20.3. The zero-order valence-electron chi connectivity index (χ0n) is 21.9. The number of hydrogen-bond donors (Lipinski definition) is 1. The molecule has 3 aromatic carbocycles. The summed E-state index contributed by atoms with van der Waals surface area (Å²) in [5, 5.41) is 3.13. The van der Waals surface area contributed by atoms with Crippen LogP contribution in [0.5, 0.6) is 0 Å². The number of piperazine rings is 1. The van der Waals surface area contributed by atoms with Crippen molar-refractivity contribution < 1.29 is 13.6 Å². The fourth-order valence-electron chi connectivity index (χ4n) is 5.83. The second kappa shape index (κ2) is 12.0. The van der Waals surface area contributed by atoms with E-state index in [0.29, 0.717) is 25.0 Å². The SMILES string of the molecule is CN1CCN(C(c2ccccc2)C2CCN(C(=O)NC(c3ccc(F)cc3)c3ccc(F)cc3)CC2)CC1. The van der Waals surface area contributed by atoms with Crippen LogP contribution in [0, 0.1) is 17.6 Å². The van der Waals surface area contributed by atoms with E-state index in [0.717, 1.165) is 50.1 Å². The highest BCUT2D eigenvalue weighted by molar-refractivity contribution is 5.75. The molecule has 38 heavy (non-hydrogen) atoms. The van der Waals surface area contributed by atoms with Crippen LogP contribution in [0.4, 0.5) is 13.6 Å². The van der Waals surface area contributed by atoms with Gasteiger partial charge in [0.25, 0.3) is 0 Å². The Bertz CT molecular complexity index is 1130. The fraction of sp³-hybridized carbons (Fsp3) is 0.387. The van der Waals surface area contributed by atoms with Crippen LogP contribution in [0.15, 0.2) is 78.9 Å². The Hall–Kier alpha value is -3.29. The summed E-state index contributed by atoms with van der Waals surface area (Å²) in [6, 6.07) is 22.6. The Morgan fingerprint density at radius 3 is 1.79 bits per heavy atom. The molecule has 200 valence electrons. The number of rotatable bonds is 6. The Labute approximate surface area is 224 Å². The molecular formula is C31H36F2N4O. The second-order valence-electron chi connectivity index (χ2n) is 10.5. The van der Waals surface area contributed by atoms with Crippen molar-refractivity contribution in [1.29, 1.82) is 0 Å². The van der Waals surface area contributed by atoms with Gasteiger partial charge in [-0.1, -0.05) is 54.6 Å². The lowest BCUT2D eigenvalue weighted by atomic mass is 9.84. The van der Waals surface area contributed by atoms with E-state index < -0.39 is 6.04 Å². The molecule has 0 bridgehead atoms. The Balaban J connectivity index is 1.28. The molecule has 1 atom stereocenters. The van der Waals surface area contributed by atoms with Gasteiger partial charge in [-0.25, -0.2) is 13.6 Å². The molecule has 0 spiro atoms. The van der Waals surface area contributed by atoms with Crippen molar-refractivity contribution in [3.63, 3.8) is 0 Å². The minimum atomic E-state index is -0.496. The molecule has 2 saturated heterocycles.